The van der Waals surface area contributed by atoms with Crippen molar-refractivity contribution in [2.75, 3.05) is 12.0 Å². The Kier molecular flexibility index (Phi) is 4.54. The number of rotatable bonds is 6. The molecule has 0 spiro atoms. The second kappa shape index (κ2) is 6.66. The van der Waals surface area contributed by atoms with Crippen LogP contribution in [0.4, 0.5) is 4.39 Å². The zero-order valence-corrected chi connectivity index (χ0v) is 16.9. The lowest BCUT2D eigenvalue weighted by molar-refractivity contribution is 0.416. The standard InChI is InChI=1S/C18H18ClFN4O3S/c1-11-9-15(22-24(11)7-8-28(2,25)26)16-21-17(23-27-16)18(5-6-18)13-4-3-12(20)10-14(13)19/h3-4,9-10H,5-8H2,1-2H3. The molecule has 0 radical (unpaired) electrons. The summed E-state index contributed by atoms with van der Waals surface area (Å²) in [6.45, 7) is 2.08. The van der Waals surface area contributed by atoms with Crippen LogP contribution in [0.5, 0.6) is 0 Å². The van der Waals surface area contributed by atoms with E-state index in [2.05, 4.69) is 15.2 Å². The van der Waals surface area contributed by atoms with E-state index in [1.807, 2.05) is 6.92 Å². The van der Waals surface area contributed by atoms with Crippen molar-refractivity contribution in [1.29, 1.82) is 0 Å². The lowest BCUT2D eigenvalue weighted by atomic mass is 9.95. The monoisotopic (exact) mass is 424 g/mol. The molecule has 1 aliphatic rings. The fraction of sp³-hybridized carbons (Fsp3) is 0.389. The van der Waals surface area contributed by atoms with Crippen molar-refractivity contribution in [1.82, 2.24) is 19.9 Å². The van der Waals surface area contributed by atoms with Crippen molar-refractivity contribution in [2.45, 2.75) is 31.7 Å². The highest BCUT2D eigenvalue weighted by Gasteiger charge is 2.51. The zero-order chi connectivity index (χ0) is 20.1. The SMILES string of the molecule is Cc1cc(-c2nc(C3(c4ccc(F)cc4Cl)CC3)no2)nn1CCS(C)(=O)=O. The smallest absolute Gasteiger partial charge is 0.278 e. The van der Waals surface area contributed by atoms with E-state index in [0.717, 1.165) is 24.1 Å². The number of hydrogen-bond donors (Lipinski definition) is 0. The largest absolute Gasteiger partial charge is 0.332 e. The van der Waals surface area contributed by atoms with E-state index < -0.39 is 21.1 Å². The molecule has 2 heterocycles. The van der Waals surface area contributed by atoms with Gasteiger partial charge in [0.25, 0.3) is 5.89 Å². The molecule has 0 saturated heterocycles. The van der Waals surface area contributed by atoms with Gasteiger partial charge in [0.1, 0.15) is 15.7 Å². The maximum Gasteiger partial charge on any atom is 0.278 e. The molecule has 0 unspecified atom stereocenters. The Balaban J connectivity index is 1.62. The fourth-order valence-corrected chi connectivity index (χ4v) is 4.08. The van der Waals surface area contributed by atoms with Gasteiger partial charge in [-0.1, -0.05) is 22.8 Å². The molecule has 0 N–H and O–H groups in total. The minimum absolute atomic E-state index is 0.00375. The molecule has 0 amide bonds. The van der Waals surface area contributed by atoms with Crippen LogP contribution in [0.15, 0.2) is 28.8 Å². The average Bonchev–Trinajstić information content (AvgIpc) is 3.09. The Hall–Kier alpha value is -2.26. The summed E-state index contributed by atoms with van der Waals surface area (Å²) in [7, 11) is -3.09. The van der Waals surface area contributed by atoms with Crippen LogP contribution in [-0.4, -0.2) is 40.3 Å². The molecule has 10 heteroatoms. The van der Waals surface area contributed by atoms with Crippen molar-refractivity contribution >= 4 is 21.4 Å². The minimum atomic E-state index is -3.09. The first-order valence-corrected chi connectivity index (χ1v) is 11.1. The molecule has 0 aliphatic heterocycles. The Morgan fingerprint density at radius 2 is 2.07 bits per heavy atom. The number of nitrogens with zero attached hydrogens (tertiary/aromatic N) is 4. The Labute approximate surface area is 166 Å². The van der Waals surface area contributed by atoms with Crippen molar-refractivity contribution in [2.24, 2.45) is 0 Å². The molecular formula is C18H18ClFN4O3S. The van der Waals surface area contributed by atoms with Crippen LogP contribution >= 0.6 is 11.6 Å². The summed E-state index contributed by atoms with van der Waals surface area (Å²) in [5.74, 6) is 0.337. The number of aryl methyl sites for hydroxylation is 2. The first kappa shape index (κ1) is 19.1. The maximum atomic E-state index is 13.4. The number of halogens is 2. The van der Waals surface area contributed by atoms with Gasteiger partial charge in [0.2, 0.25) is 0 Å². The molecule has 7 nitrogen and oxygen atoms in total. The Morgan fingerprint density at radius 1 is 1.32 bits per heavy atom. The van der Waals surface area contributed by atoms with Crippen LogP contribution in [0.25, 0.3) is 11.6 Å². The molecule has 2 aromatic heterocycles. The van der Waals surface area contributed by atoms with Crippen molar-refractivity contribution in [3.8, 4) is 11.6 Å². The summed E-state index contributed by atoms with van der Waals surface area (Å²) >= 11 is 6.23. The van der Waals surface area contributed by atoms with Crippen molar-refractivity contribution < 1.29 is 17.3 Å². The molecule has 4 rings (SSSR count). The molecule has 1 aliphatic carbocycles. The van der Waals surface area contributed by atoms with Crippen LogP contribution in [0.2, 0.25) is 5.02 Å². The maximum absolute atomic E-state index is 13.4. The summed E-state index contributed by atoms with van der Waals surface area (Å²) in [5, 5.41) is 8.83. The van der Waals surface area contributed by atoms with Gasteiger partial charge in [-0.05, 0) is 43.5 Å². The van der Waals surface area contributed by atoms with Crippen molar-refractivity contribution in [3.05, 3.63) is 52.2 Å². The first-order chi connectivity index (χ1) is 13.2. The number of hydrogen-bond acceptors (Lipinski definition) is 6. The third kappa shape index (κ3) is 3.56. The first-order valence-electron chi connectivity index (χ1n) is 8.70. The molecule has 1 fully saturated rings. The van der Waals surface area contributed by atoms with Gasteiger partial charge in [0, 0.05) is 17.0 Å². The highest BCUT2D eigenvalue weighted by atomic mass is 35.5. The summed E-state index contributed by atoms with van der Waals surface area (Å²) < 4.78 is 43.1. The predicted molar refractivity (Wildman–Crippen MR) is 101 cm³/mol. The molecule has 148 valence electrons. The summed E-state index contributed by atoms with van der Waals surface area (Å²) in [6, 6.07) is 6.08. The second-order valence-electron chi connectivity index (χ2n) is 7.15. The predicted octanol–water partition coefficient (Wildman–Crippen LogP) is 3.16. The van der Waals surface area contributed by atoms with Gasteiger partial charge >= 0.3 is 0 Å². The number of aromatic nitrogens is 4. The van der Waals surface area contributed by atoms with E-state index in [-0.39, 0.29) is 18.2 Å². The summed E-state index contributed by atoms with van der Waals surface area (Å²) in [5.41, 5.74) is 1.57. The van der Waals surface area contributed by atoms with Gasteiger partial charge in [-0.2, -0.15) is 10.1 Å². The van der Waals surface area contributed by atoms with E-state index in [1.165, 1.54) is 18.4 Å². The van der Waals surface area contributed by atoms with E-state index in [1.54, 1.807) is 16.8 Å². The molecule has 0 atom stereocenters. The van der Waals surface area contributed by atoms with Crippen LogP contribution in [0.1, 0.15) is 29.9 Å². The quantitative estimate of drug-likeness (QED) is 0.603. The fourth-order valence-electron chi connectivity index (χ4n) is 3.23. The Morgan fingerprint density at radius 3 is 2.71 bits per heavy atom. The van der Waals surface area contributed by atoms with Gasteiger partial charge in [0.05, 0.1) is 17.7 Å². The van der Waals surface area contributed by atoms with Gasteiger partial charge < -0.3 is 4.52 Å². The third-order valence-corrected chi connectivity index (χ3v) is 6.16. The third-order valence-electron chi connectivity index (χ3n) is 4.92. The topological polar surface area (TPSA) is 90.9 Å². The van der Waals surface area contributed by atoms with E-state index in [0.29, 0.717) is 16.5 Å². The summed E-state index contributed by atoms with van der Waals surface area (Å²) in [6.07, 6.45) is 2.77. The van der Waals surface area contributed by atoms with Gasteiger partial charge in [-0.25, -0.2) is 12.8 Å². The van der Waals surface area contributed by atoms with Crippen LogP contribution in [0, 0.1) is 12.7 Å². The van der Waals surface area contributed by atoms with Crippen LogP contribution < -0.4 is 0 Å². The van der Waals surface area contributed by atoms with Crippen LogP contribution in [-0.2, 0) is 21.8 Å². The normalized spacial score (nSPS) is 15.7. The van der Waals surface area contributed by atoms with Crippen LogP contribution in [0.3, 0.4) is 0 Å². The zero-order valence-electron chi connectivity index (χ0n) is 15.3. The molecular weight excluding hydrogens is 407 g/mol. The van der Waals surface area contributed by atoms with E-state index in [4.69, 9.17) is 16.1 Å². The van der Waals surface area contributed by atoms with E-state index in [9.17, 15) is 12.8 Å². The number of sulfone groups is 1. The molecule has 28 heavy (non-hydrogen) atoms. The molecule has 1 aromatic carbocycles. The molecule has 3 aromatic rings. The van der Waals surface area contributed by atoms with Gasteiger partial charge in [0.15, 0.2) is 11.5 Å². The second-order valence-corrected chi connectivity index (χ2v) is 9.82. The highest BCUT2D eigenvalue weighted by Crippen LogP contribution is 2.54. The van der Waals surface area contributed by atoms with E-state index >= 15 is 0 Å². The Bertz CT molecular complexity index is 1150. The lowest BCUT2D eigenvalue weighted by Gasteiger charge is -2.12. The number of benzene rings is 1. The summed E-state index contributed by atoms with van der Waals surface area (Å²) in [4.78, 5) is 4.49. The minimum Gasteiger partial charge on any atom is -0.332 e. The average molecular weight is 425 g/mol. The van der Waals surface area contributed by atoms with Gasteiger partial charge in [-0.15, -0.1) is 0 Å². The molecule has 1 saturated carbocycles. The highest BCUT2D eigenvalue weighted by molar-refractivity contribution is 7.90. The lowest BCUT2D eigenvalue weighted by Crippen LogP contribution is -2.13. The molecule has 0 bridgehead atoms. The van der Waals surface area contributed by atoms with Crippen molar-refractivity contribution in [3.63, 3.8) is 0 Å². The van der Waals surface area contributed by atoms with Gasteiger partial charge in [-0.3, -0.25) is 4.68 Å².